The van der Waals surface area contributed by atoms with Crippen molar-refractivity contribution in [3.05, 3.63) is 58.3 Å². The predicted octanol–water partition coefficient (Wildman–Crippen LogP) is 3.80. The van der Waals surface area contributed by atoms with Crippen molar-refractivity contribution in [2.45, 2.75) is 19.4 Å². The Hall–Kier alpha value is -2.98. The summed E-state index contributed by atoms with van der Waals surface area (Å²) in [5.41, 5.74) is 3.09. The second-order valence-electron chi connectivity index (χ2n) is 7.31. The van der Waals surface area contributed by atoms with E-state index in [-0.39, 0.29) is 28.0 Å². The SMILES string of the molecule is COc1cccc(CNC(=O)N2CCC(C(=O)C(=Nc3ccc(F)c(Br)c3)NO)CC2)c1. The lowest BCUT2D eigenvalue weighted by Gasteiger charge is -2.31. The first-order valence-corrected chi connectivity index (χ1v) is 10.8. The number of benzene rings is 2. The first kappa shape index (κ1) is 23.7. The van der Waals surface area contributed by atoms with Crippen LogP contribution in [-0.4, -0.2) is 48.0 Å². The summed E-state index contributed by atoms with van der Waals surface area (Å²) in [5.74, 6) is -0.696. The highest BCUT2D eigenvalue weighted by atomic mass is 79.9. The van der Waals surface area contributed by atoms with Gasteiger partial charge in [-0.05, 0) is 64.7 Å². The Morgan fingerprint density at radius 1 is 1.25 bits per heavy atom. The Labute approximate surface area is 193 Å². The molecule has 1 aliphatic heterocycles. The zero-order valence-electron chi connectivity index (χ0n) is 17.5. The van der Waals surface area contributed by atoms with Gasteiger partial charge < -0.3 is 15.0 Å². The number of hydrogen-bond acceptors (Lipinski definition) is 5. The van der Waals surface area contributed by atoms with Gasteiger partial charge >= 0.3 is 6.03 Å². The van der Waals surface area contributed by atoms with Gasteiger partial charge in [-0.25, -0.2) is 19.7 Å². The molecule has 0 unspecified atom stereocenters. The van der Waals surface area contributed by atoms with E-state index in [4.69, 9.17) is 4.74 Å². The summed E-state index contributed by atoms with van der Waals surface area (Å²) >= 11 is 3.06. The maximum atomic E-state index is 13.4. The normalized spacial score (nSPS) is 14.8. The van der Waals surface area contributed by atoms with Gasteiger partial charge in [0, 0.05) is 25.6 Å². The minimum atomic E-state index is -0.453. The van der Waals surface area contributed by atoms with E-state index in [1.165, 1.54) is 18.2 Å². The molecule has 32 heavy (non-hydrogen) atoms. The van der Waals surface area contributed by atoms with Crippen molar-refractivity contribution in [2.24, 2.45) is 10.9 Å². The average Bonchev–Trinajstić information content (AvgIpc) is 2.83. The predicted molar refractivity (Wildman–Crippen MR) is 121 cm³/mol. The minimum Gasteiger partial charge on any atom is -0.497 e. The molecule has 0 radical (unpaired) electrons. The fraction of sp³-hybridized carbons (Fsp3) is 0.318. The molecule has 1 fully saturated rings. The highest BCUT2D eigenvalue weighted by molar-refractivity contribution is 9.10. The molecule has 1 heterocycles. The van der Waals surface area contributed by atoms with Crippen LogP contribution < -0.4 is 15.5 Å². The van der Waals surface area contributed by atoms with Crippen molar-refractivity contribution in [1.29, 1.82) is 0 Å². The van der Waals surface area contributed by atoms with Crippen molar-refractivity contribution >= 4 is 39.3 Å². The van der Waals surface area contributed by atoms with E-state index in [0.717, 1.165) is 11.3 Å². The van der Waals surface area contributed by atoms with Gasteiger partial charge in [0.15, 0.2) is 5.84 Å². The van der Waals surface area contributed by atoms with E-state index in [1.54, 1.807) is 12.0 Å². The fourth-order valence-corrected chi connectivity index (χ4v) is 3.80. The van der Waals surface area contributed by atoms with Gasteiger partial charge in [-0.1, -0.05) is 12.1 Å². The lowest BCUT2D eigenvalue weighted by Crippen LogP contribution is -2.46. The van der Waals surface area contributed by atoms with Gasteiger partial charge in [0.25, 0.3) is 0 Å². The number of likely N-dealkylation sites (tertiary alicyclic amines) is 1. The molecule has 0 aliphatic carbocycles. The Morgan fingerprint density at radius 3 is 2.66 bits per heavy atom. The summed E-state index contributed by atoms with van der Waals surface area (Å²) in [6.45, 7) is 1.18. The molecule has 3 N–H and O–H groups in total. The summed E-state index contributed by atoms with van der Waals surface area (Å²) in [4.78, 5) is 31.0. The number of hydrogen-bond donors (Lipinski definition) is 3. The number of ketones is 1. The largest absolute Gasteiger partial charge is 0.497 e. The summed E-state index contributed by atoms with van der Waals surface area (Å²) in [6.07, 6.45) is 0.887. The summed E-state index contributed by atoms with van der Waals surface area (Å²) in [7, 11) is 1.59. The molecular formula is C22H24BrFN4O4. The number of methoxy groups -OCH3 is 1. The van der Waals surface area contributed by atoms with Crippen molar-refractivity contribution in [1.82, 2.24) is 15.7 Å². The van der Waals surface area contributed by atoms with E-state index in [0.29, 0.717) is 38.2 Å². The Kier molecular flexibility index (Phi) is 8.18. The molecule has 10 heteroatoms. The molecule has 2 amide bonds. The molecule has 0 spiro atoms. The van der Waals surface area contributed by atoms with Crippen LogP contribution in [0.5, 0.6) is 5.75 Å². The highest BCUT2D eigenvalue weighted by Gasteiger charge is 2.30. The lowest BCUT2D eigenvalue weighted by molar-refractivity contribution is -0.118. The number of nitrogens with one attached hydrogen (secondary N) is 2. The third kappa shape index (κ3) is 6.04. The number of carbonyl (C=O) groups is 2. The third-order valence-electron chi connectivity index (χ3n) is 5.21. The van der Waals surface area contributed by atoms with Crippen LogP contribution in [0.3, 0.4) is 0 Å². The molecule has 0 bridgehead atoms. The number of piperidine rings is 1. The van der Waals surface area contributed by atoms with E-state index < -0.39 is 5.82 Å². The second kappa shape index (κ2) is 11.1. The van der Waals surface area contributed by atoms with Gasteiger partial charge in [0.1, 0.15) is 11.6 Å². The Morgan fingerprint density at radius 2 is 2.00 bits per heavy atom. The molecule has 0 saturated carbocycles. The topological polar surface area (TPSA) is 103 Å². The fourth-order valence-electron chi connectivity index (χ4n) is 3.43. The number of halogens is 2. The maximum Gasteiger partial charge on any atom is 0.317 e. The molecule has 3 rings (SSSR count). The summed E-state index contributed by atoms with van der Waals surface area (Å²) in [5, 5.41) is 12.3. The van der Waals surface area contributed by atoms with Crippen molar-refractivity contribution in [3.8, 4) is 5.75 Å². The number of urea groups is 1. The highest BCUT2D eigenvalue weighted by Crippen LogP contribution is 2.24. The van der Waals surface area contributed by atoms with Crippen LogP contribution in [0.1, 0.15) is 18.4 Å². The monoisotopic (exact) mass is 506 g/mol. The molecule has 8 nitrogen and oxygen atoms in total. The molecule has 2 aromatic rings. The molecule has 0 aromatic heterocycles. The number of rotatable bonds is 6. The third-order valence-corrected chi connectivity index (χ3v) is 5.82. The molecule has 0 atom stereocenters. The Bertz CT molecular complexity index is 1010. The van der Waals surface area contributed by atoms with Crippen LogP contribution in [0.4, 0.5) is 14.9 Å². The number of carbonyl (C=O) groups excluding carboxylic acids is 2. The molecule has 1 aliphatic rings. The van der Waals surface area contributed by atoms with E-state index in [1.807, 2.05) is 29.7 Å². The first-order chi connectivity index (χ1) is 15.4. The minimum absolute atomic E-state index is 0.205. The lowest BCUT2D eigenvalue weighted by atomic mass is 9.92. The summed E-state index contributed by atoms with van der Waals surface area (Å²) < 4.78 is 18.8. The van der Waals surface area contributed by atoms with Crippen molar-refractivity contribution < 1.29 is 23.9 Å². The number of amides is 2. The molecule has 2 aromatic carbocycles. The van der Waals surface area contributed by atoms with Gasteiger partial charge in [0.05, 0.1) is 17.3 Å². The van der Waals surface area contributed by atoms with Crippen LogP contribution in [0.2, 0.25) is 0 Å². The number of nitrogens with zero attached hydrogens (tertiary/aromatic N) is 2. The van der Waals surface area contributed by atoms with Crippen LogP contribution >= 0.6 is 15.9 Å². The number of aliphatic imine (C=N–C) groups is 1. The van der Waals surface area contributed by atoms with Gasteiger partial charge in [-0.2, -0.15) is 0 Å². The first-order valence-electron chi connectivity index (χ1n) is 10.0. The number of Topliss-reactive ketones (excluding diaryl/α,β-unsaturated/α-hetero) is 1. The summed E-state index contributed by atoms with van der Waals surface area (Å²) in [6, 6.07) is 11.3. The number of amidine groups is 1. The van der Waals surface area contributed by atoms with Crippen LogP contribution in [0.15, 0.2) is 51.9 Å². The second-order valence-corrected chi connectivity index (χ2v) is 8.16. The van der Waals surface area contributed by atoms with E-state index in [9.17, 15) is 19.2 Å². The zero-order chi connectivity index (χ0) is 23.1. The molecular weight excluding hydrogens is 483 g/mol. The standard InChI is InChI=1S/C22H24BrFN4O4/c1-32-17-4-2-3-14(11-17)13-25-22(30)28-9-7-15(8-10-28)20(29)21(27-31)26-16-5-6-19(24)18(23)12-16/h2-6,11-12,15,31H,7-10,13H2,1H3,(H,25,30)(H,26,27). The average molecular weight is 507 g/mol. The Balaban J connectivity index is 1.54. The molecule has 170 valence electrons. The van der Waals surface area contributed by atoms with Gasteiger partial charge in [-0.3, -0.25) is 10.0 Å². The zero-order valence-corrected chi connectivity index (χ0v) is 19.1. The van der Waals surface area contributed by atoms with Gasteiger partial charge in [-0.15, -0.1) is 0 Å². The number of hydroxylamine groups is 1. The van der Waals surface area contributed by atoms with Crippen molar-refractivity contribution in [3.63, 3.8) is 0 Å². The van der Waals surface area contributed by atoms with Gasteiger partial charge in [0.2, 0.25) is 5.78 Å². The van der Waals surface area contributed by atoms with Crippen LogP contribution in [0.25, 0.3) is 0 Å². The van der Waals surface area contributed by atoms with Crippen LogP contribution in [-0.2, 0) is 11.3 Å². The van der Waals surface area contributed by atoms with Crippen molar-refractivity contribution in [2.75, 3.05) is 20.2 Å². The number of ether oxygens (including phenoxy) is 1. The van der Waals surface area contributed by atoms with E-state index >= 15 is 0 Å². The molecule has 1 saturated heterocycles. The van der Waals surface area contributed by atoms with Crippen LogP contribution in [0, 0.1) is 11.7 Å². The van der Waals surface area contributed by atoms with E-state index in [2.05, 4.69) is 26.2 Å². The maximum absolute atomic E-state index is 13.4. The smallest absolute Gasteiger partial charge is 0.317 e. The quantitative estimate of drug-likeness (QED) is 0.314.